The molecule has 2 aromatic heterocycles. The van der Waals surface area contributed by atoms with Crippen LogP contribution in [0.1, 0.15) is 5.56 Å². The molecule has 0 radical (unpaired) electrons. The second kappa shape index (κ2) is 12.0. The predicted molar refractivity (Wildman–Crippen MR) is 134 cm³/mol. The lowest BCUT2D eigenvalue weighted by Crippen LogP contribution is -2.00. The van der Waals surface area contributed by atoms with E-state index in [4.69, 9.17) is 9.47 Å². The summed E-state index contributed by atoms with van der Waals surface area (Å²) in [6.07, 6.45) is 2.52. The van der Waals surface area contributed by atoms with Crippen LogP contribution in [0.25, 0.3) is 21.8 Å². The van der Waals surface area contributed by atoms with Crippen molar-refractivity contribution in [2.24, 2.45) is 5.73 Å². The number of pyridine rings is 2. The molecule has 2 aromatic carbocycles. The predicted octanol–water partition coefficient (Wildman–Crippen LogP) is 4.23. The van der Waals surface area contributed by atoms with Gasteiger partial charge in [-0.3, -0.25) is 20.2 Å². The summed E-state index contributed by atoms with van der Waals surface area (Å²) >= 11 is 0. The number of ether oxygens (including phenoxy) is 2. The molecule has 12 heteroatoms. The number of benzene rings is 2. The van der Waals surface area contributed by atoms with Crippen LogP contribution in [0.2, 0.25) is 0 Å². The second-order valence-electron chi connectivity index (χ2n) is 6.76. The smallest absolute Gasteiger partial charge is 0.311 e. The lowest BCUT2D eigenvalue weighted by atomic mass is 10.1. The molecule has 12 nitrogen and oxygen atoms in total. The SMILES string of the molecule is CN.CNc1c([N+](=O)[O-])cnc2cccc(OC)c12.COc1cccc2ncc([N+](=O)[O-])c(C)c12. The van der Waals surface area contributed by atoms with Gasteiger partial charge in [0.1, 0.15) is 29.6 Å². The largest absolute Gasteiger partial charge is 0.496 e. The van der Waals surface area contributed by atoms with E-state index < -0.39 is 9.85 Å². The molecule has 0 saturated carbocycles. The molecule has 2 heterocycles. The molecular formula is C23H26N6O6. The van der Waals surface area contributed by atoms with E-state index in [0.29, 0.717) is 44.6 Å². The van der Waals surface area contributed by atoms with Gasteiger partial charge in [-0.05, 0) is 38.2 Å². The third-order valence-electron chi connectivity index (χ3n) is 5.01. The number of nitro groups is 2. The number of aromatic nitrogens is 2. The zero-order valence-electron chi connectivity index (χ0n) is 19.9. The van der Waals surface area contributed by atoms with Crippen LogP contribution < -0.4 is 20.5 Å². The van der Waals surface area contributed by atoms with E-state index in [1.807, 2.05) is 0 Å². The van der Waals surface area contributed by atoms with Gasteiger partial charge in [0.25, 0.3) is 5.69 Å². The number of rotatable bonds is 5. The van der Waals surface area contributed by atoms with Crippen molar-refractivity contribution in [2.75, 3.05) is 33.6 Å². The Bertz CT molecular complexity index is 1360. The Morgan fingerprint density at radius 2 is 1.29 bits per heavy atom. The normalized spacial score (nSPS) is 9.89. The van der Waals surface area contributed by atoms with E-state index >= 15 is 0 Å². The van der Waals surface area contributed by atoms with E-state index in [9.17, 15) is 20.2 Å². The second-order valence-corrected chi connectivity index (χ2v) is 6.76. The number of aryl methyl sites for hydroxylation is 1. The van der Waals surface area contributed by atoms with Crippen molar-refractivity contribution in [3.05, 3.63) is 74.6 Å². The monoisotopic (exact) mass is 482 g/mol. The molecule has 35 heavy (non-hydrogen) atoms. The Morgan fingerprint density at radius 3 is 1.74 bits per heavy atom. The van der Waals surface area contributed by atoms with Gasteiger partial charge < -0.3 is 20.5 Å². The molecule has 4 rings (SSSR count). The molecule has 0 spiro atoms. The molecule has 0 aliphatic heterocycles. The molecule has 0 saturated heterocycles. The Balaban J connectivity index is 0.000000231. The number of hydrogen-bond acceptors (Lipinski definition) is 10. The number of anilines is 1. The molecule has 4 aromatic rings. The lowest BCUT2D eigenvalue weighted by molar-refractivity contribution is -0.385. The summed E-state index contributed by atoms with van der Waals surface area (Å²) in [4.78, 5) is 28.9. The molecule has 0 aliphatic rings. The number of hydrogen-bond donors (Lipinski definition) is 2. The Hall–Kier alpha value is -4.58. The highest BCUT2D eigenvalue weighted by Crippen LogP contribution is 2.37. The first kappa shape index (κ1) is 26.7. The highest BCUT2D eigenvalue weighted by molar-refractivity contribution is 6.00. The molecule has 0 unspecified atom stereocenters. The quantitative estimate of drug-likeness (QED) is 0.310. The van der Waals surface area contributed by atoms with Crippen LogP contribution in [0, 0.1) is 27.2 Å². The van der Waals surface area contributed by atoms with Crippen LogP contribution in [0.15, 0.2) is 48.8 Å². The summed E-state index contributed by atoms with van der Waals surface area (Å²) < 4.78 is 10.4. The minimum absolute atomic E-state index is 0.0111. The van der Waals surface area contributed by atoms with Gasteiger partial charge in [-0.1, -0.05) is 12.1 Å². The van der Waals surface area contributed by atoms with Gasteiger partial charge in [-0.15, -0.1) is 0 Å². The third-order valence-corrected chi connectivity index (χ3v) is 5.01. The summed E-state index contributed by atoms with van der Waals surface area (Å²) in [5, 5.41) is 25.8. The van der Waals surface area contributed by atoms with E-state index in [2.05, 4.69) is 21.0 Å². The van der Waals surface area contributed by atoms with Crippen LogP contribution in [0.4, 0.5) is 17.1 Å². The first-order valence-corrected chi connectivity index (χ1v) is 10.3. The molecule has 0 aliphatic carbocycles. The maximum atomic E-state index is 10.9. The van der Waals surface area contributed by atoms with E-state index in [1.54, 1.807) is 50.4 Å². The summed E-state index contributed by atoms with van der Waals surface area (Å²) in [6, 6.07) is 10.7. The van der Waals surface area contributed by atoms with Crippen LogP contribution in [-0.2, 0) is 0 Å². The maximum Gasteiger partial charge on any atom is 0.311 e. The summed E-state index contributed by atoms with van der Waals surface area (Å²) in [5.74, 6) is 1.16. The van der Waals surface area contributed by atoms with Crippen LogP contribution in [-0.4, -0.2) is 48.1 Å². The van der Waals surface area contributed by atoms with Gasteiger partial charge in [0.15, 0.2) is 0 Å². The first-order valence-electron chi connectivity index (χ1n) is 10.3. The summed E-state index contributed by atoms with van der Waals surface area (Å²) in [7, 11) is 6.19. The van der Waals surface area contributed by atoms with E-state index in [1.165, 1.54) is 33.7 Å². The van der Waals surface area contributed by atoms with Crippen LogP contribution >= 0.6 is 0 Å². The molecule has 184 valence electrons. The van der Waals surface area contributed by atoms with Crippen molar-refractivity contribution in [3.63, 3.8) is 0 Å². The van der Waals surface area contributed by atoms with Crippen molar-refractivity contribution in [1.82, 2.24) is 9.97 Å². The number of fused-ring (bicyclic) bond motifs is 2. The van der Waals surface area contributed by atoms with Gasteiger partial charge in [0.05, 0.1) is 45.9 Å². The fourth-order valence-corrected chi connectivity index (χ4v) is 3.48. The molecule has 0 fully saturated rings. The highest BCUT2D eigenvalue weighted by atomic mass is 16.6. The highest BCUT2D eigenvalue weighted by Gasteiger charge is 2.19. The summed E-state index contributed by atoms with van der Waals surface area (Å²) in [5.41, 5.74) is 6.79. The van der Waals surface area contributed by atoms with Gasteiger partial charge >= 0.3 is 5.69 Å². The molecule has 3 N–H and O–H groups in total. The van der Waals surface area contributed by atoms with Crippen LogP contribution in [0.5, 0.6) is 11.5 Å². The Kier molecular flexibility index (Phi) is 9.18. The Morgan fingerprint density at radius 1 is 0.829 bits per heavy atom. The van der Waals surface area contributed by atoms with E-state index in [-0.39, 0.29) is 11.4 Å². The lowest BCUT2D eigenvalue weighted by Gasteiger charge is -2.09. The zero-order valence-corrected chi connectivity index (χ0v) is 19.9. The van der Waals surface area contributed by atoms with Gasteiger partial charge in [-0.25, -0.2) is 9.97 Å². The maximum absolute atomic E-state index is 10.9. The van der Waals surface area contributed by atoms with Gasteiger partial charge in [0, 0.05) is 12.6 Å². The van der Waals surface area contributed by atoms with Crippen molar-refractivity contribution in [2.45, 2.75) is 6.92 Å². The van der Waals surface area contributed by atoms with Crippen molar-refractivity contribution < 1.29 is 19.3 Å². The van der Waals surface area contributed by atoms with Gasteiger partial charge in [0.2, 0.25) is 0 Å². The fourth-order valence-electron chi connectivity index (χ4n) is 3.48. The average Bonchev–Trinajstić information content (AvgIpc) is 2.88. The number of nitrogens with one attached hydrogen (secondary N) is 1. The Labute approximate surface area is 201 Å². The molecule has 0 bridgehead atoms. The van der Waals surface area contributed by atoms with Crippen molar-refractivity contribution in [1.29, 1.82) is 0 Å². The van der Waals surface area contributed by atoms with Crippen molar-refractivity contribution in [3.8, 4) is 11.5 Å². The molecule has 0 amide bonds. The number of methoxy groups -OCH3 is 2. The summed E-state index contributed by atoms with van der Waals surface area (Å²) in [6.45, 7) is 1.70. The average molecular weight is 482 g/mol. The van der Waals surface area contributed by atoms with Crippen molar-refractivity contribution >= 4 is 38.9 Å². The van der Waals surface area contributed by atoms with E-state index in [0.717, 1.165) is 0 Å². The fraction of sp³-hybridized carbons (Fsp3) is 0.217. The number of nitrogens with two attached hydrogens (primary N) is 1. The molecule has 0 atom stereocenters. The number of nitrogens with zero attached hydrogens (tertiary/aromatic N) is 4. The van der Waals surface area contributed by atoms with Gasteiger partial charge in [-0.2, -0.15) is 0 Å². The standard InChI is InChI=1S/C11H11N3O3.C11H10N2O3.CH5N/c1-12-11-8(14(15)16)6-13-7-4-3-5-9(17-2)10(7)11;1-7-9(13(14)15)6-12-8-4-3-5-10(16-2)11(7)8;1-2/h3-6H,1-2H3,(H,12,13);3-6H,1-2H3;2H2,1H3. The minimum atomic E-state index is -0.468. The van der Waals surface area contributed by atoms with Crippen LogP contribution in [0.3, 0.4) is 0 Å². The third kappa shape index (κ3) is 5.50. The zero-order chi connectivity index (χ0) is 26.1. The topological polar surface area (TPSA) is 169 Å². The minimum Gasteiger partial charge on any atom is -0.496 e. The first-order chi connectivity index (χ1) is 16.8. The molecular weight excluding hydrogens is 456 g/mol.